The second-order valence-corrected chi connectivity index (χ2v) is 3.79. The molecule has 17 heavy (non-hydrogen) atoms. The predicted octanol–water partition coefficient (Wildman–Crippen LogP) is 1.69. The van der Waals surface area contributed by atoms with Crippen molar-refractivity contribution in [1.29, 1.82) is 0 Å². The van der Waals surface area contributed by atoms with Crippen molar-refractivity contribution in [3.63, 3.8) is 0 Å². The Balaban J connectivity index is 2.04. The van der Waals surface area contributed by atoms with E-state index in [9.17, 15) is 0 Å². The van der Waals surface area contributed by atoms with Gasteiger partial charge in [-0.2, -0.15) is 0 Å². The molecule has 0 saturated carbocycles. The summed E-state index contributed by atoms with van der Waals surface area (Å²) in [6.45, 7) is 0.321. The fourth-order valence-corrected chi connectivity index (χ4v) is 1.42. The van der Waals surface area contributed by atoms with Crippen molar-refractivity contribution < 1.29 is 4.74 Å². The average Bonchev–Trinajstić information content (AvgIpc) is 2.38. The van der Waals surface area contributed by atoms with Crippen LogP contribution in [0.4, 0.5) is 0 Å². The molecule has 0 aliphatic carbocycles. The lowest BCUT2D eigenvalue weighted by molar-refractivity contribution is 0.295. The molecule has 0 atom stereocenters. The predicted molar refractivity (Wildman–Crippen MR) is 68.7 cm³/mol. The van der Waals surface area contributed by atoms with Gasteiger partial charge in [0.15, 0.2) is 5.82 Å². The van der Waals surface area contributed by atoms with Gasteiger partial charge in [-0.15, -0.1) is 0 Å². The standard InChI is InChI=1S/C12H11N3OS/c13-12(17)9-3-1-4-10(7-9)16-8-11-14-5-2-6-15-11/h1-7H,8H2,(H2,13,17). The molecule has 0 unspecified atom stereocenters. The molecule has 1 aromatic carbocycles. The molecular weight excluding hydrogens is 234 g/mol. The summed E-state index contributed by atoms with van der Waals surface area (Å²) in [6.07, 6.45) is 3.36. The summed E-state index contributed by atoms with van der Waals surface area (Å²) >= 11 is 4.90. The van der Waals surface area contributed by atoms with Gasteiger partial charge in [-0.3, -0.25) is 0 Å². The van der Waals surface area contributed by atoms with Crippen LogP contribution < -0.4 is 10.5 Å². The Labute approximate surface area is 104 Å². The van der Waals surface area contributed by atoms with Crippen LogP contribution in [0.15, 0.2) is 42.7 Å². The van der Waals surface area contributed by atoms with Crippen molar-refractivity contribution in [2.24, 2.45) is 5.73 Å². The number of benzene rings is 1. The summed E-state index contributed by atoms with van der Waals surface area (Å²) in [7, 11) is 0. The molecule has 1 heterocycles. The number of hydrogen-bond acceptors (Lipinski definition) is 4. The van der Waals surface area contributed by atoms with Crippen LogP contribution in [0.3, 0.4) is 0 Å². The number of rotatable bonds is 4. The molecule has 4 nitrogen and oxygen atoms in total. The minimum absolute atomic E-state index is 0.321. The first-order chi connectivity index (χ1) is 8.25. The smallest absolute Gasteiger partial charge is 0.166 e. The Hall–Kier alpha value is -2.01. The zero-order valence-electron chi connectivity index (χ0n) is 9.04. The molecule has 2 rings (SSSR count). The third kappa shape index (κ3) is 3.22. The number of thiocarbonyl (C=S) groups is 1. The molecule has 5 heteroatoms. The van der Waals surface area contributed by atoms with Crippen molar-refractivity contribution >= 4 is 17.2 Å². The Morgan fingerprint density at radius 2 is 2.00 bits per heavy atom. The van der Waals surface area contributed by atoms with Gasteiger partial charge in [0.2, 0.25) is 0 Å². The van der Waals surface area contributed by atoms with Crippen LogP contribution in [-0.4, -0.2) is 15.0 Å². The number of aromatic nitrogens is 2. The van der Waals surface area contributed by atoms with E-state index in [0.717, 1.165) is 5.56 Å². The minimum Gasteiger partial charge on any atom is -0.486 e. The van der Waals surface area contributed by atoms with Crippen LogP contribution in [0.5, 0.6) is 5.75 Å². The molecule has 0 aliphatic heterocycles. The largest absolute Gasteiger partial charge is 0.486 e. The van der Waals surface area contributed by atoms with Gasteiger partial charge in [0.25, 0.3) is 0 Å². The molecule has 0 bridgehead atoms. The molecular formula is C12H11N3OS. The van der Waals surface area contributed by atoms with Crippen molar-refractivity contribution in [1.82, 2.24) is 9.97 Å². The van der Waals surface area contributed by atoms with Crippen molar-refractivity contribution in [3.05, 3.63) is 54.1 Å². The van der Waals surface area contributed by atoms with Crippen LogP contribution in [0, 0.1) is 0 Å². The molecule has 0 aliphatic rings. The Morgan fingerprint density at radius 1 is 1.24 bits per heavy atom. The van der Waals surface area contributed by atoms with Gasteiger partial charge in [0.05, 0.1) is 0 Å². The molecule has 1 aromatic heterocycles. The van der Waals surface area contributed by atoms with E-state index in [-0.39, 0.29) is 0 Å². The first-order valence-corrected chi connectivity index (χ1v) is 5.45. The monoisotopic (exact) mass is 245 g/mol. The fourth-order valence-electron chi connectivity index (χ4n) is 1.29. The van der Waals surface area contributed by atoms with Crippen molar-refractivity contribution in [3.8, 4) is 5.75 Å². The summed E-state index contributed by atoms with van der Waals surface area (Å²) in [5.74, 6) is 1.33. The summed E-state index contributed by atoms with van der Waals surface area (Å²) < 4.78 is 5.54. The van der Waals surface area contributed by atoms with E-state index in [1.807, 2.05) is 18.2 Å². The quantitative estimate of drug-likeness (QED) is 0.831. The van der Waals surface area contributed by atoms with Crippen molar-refractivity contribution in [2.45, 2.75) is 6.61 Å². The van der Waals surface area contributed by atoms with Crippen molar-refractivity contribution in [2.75, 3.05) is 0 Å². The van der Waals surface area contributed by atoms with E-state index in [4.69, 9.17) is 22.7 Å². The molecule has 0 spiro atoms. The maximum atomic E-state index is 5.54. The maximum absolute atomic E-state index is 5.54. The summed E-state index contributed by atoms with van der Waals surface area (Å²) in [4.78, 5) is 8.48. The van der Waals surface area contributed by atoms with E-state index in [1.54, 1.807) is 24.5 Å². The van der Waals surface area contributed by atoms with Crippen LogP contribution in [0.25, 0.3) is 0 Å². The SMILES string of the molecule is NC(=S)c1cccc(OCc2ncccn2)c1. The lowest BCUT2D eigenvalue weighted by Gasteiger charge is -2.06. The van der Waals surface area contributed by atoms with Crippen LogP contribution in [-0.2, 0) is 6.61 Å². The van der Waals surface area contributed by atoms with Gasteiger partial charge >= 0.3 is 0 Å². The second-order valence-electron chi connectivity index (χ2n) is 3.35. The number of ether oxygens (including phenoxy) is 1. The average molecular weight is 245 g/mol. The zero-order chi connectivity index (χ0) is 12.1. The lowest BCUT2D eigenvalue weighted by Crippen LogP contribution is -2.09. The zero-order valence-corrected chi connectivity index (χ0v) is 9.85. The van der Waals surface area contributed by atoms with Gasteiger partial charge in [-0.1, -0.05) is 24.4 Å². The molecule has 0 saturated heterocycles. The highest BCUT2D eigenvalue weighted by atomic mass is 32.1. The molecule has 2 aromatic rings. The highest BCUT2D eigenvalue weighted by Crippen LogP contribution is 2.14. The molecule has 86 valence electrons. The fraction of sp³-hybridized carbons (Fsp3) is 0.0833. The highest BCUT2D eigenvalue weighted by Gasteiger charge is 2.00. The van der Waals surface area contributed by atoms with Gasteiger partial charge in [-0.25, -0.2) is 9.97 Å². The first-order valence-electron chi connectivity index (χ1n) is 5.04. The molecule has 2 N–H and O–H groups in total. The Bertz CT molecular complexity index is 516. The minimum atomic E-state index is 0.321. The van der Waals surface area contributed by atoms with E-state index < -0.39 is 0 Å². The van der Waals surface area contributed by atoms with Crippen LogP contribution in [0.2, 0.25) is 0 Å². The van der Waals surface area contributed by atoms with Crippen LogP contribution in [0.1, 0.15) is 11.4 Å². The van der Waals surface area contributed by atoms with Gasteiger partial charge in [-0.05, 0) is 18.2 Å². The molecule has 0 fully saturated rings. The molecule has 0 radical (unpaired) electrons. The van der Waals surface area contributed by atoms with E-state index >= 15 is 0 Å². The van der Waals surface area contributed by atoms with E-state index in [2.05, 4.69) is 9.97 Å². The summed E-state index contributed by atoms with van der Waals surface area (Å²) in [5, 5.41) is 0. The summed E-state index contributed by atoms with van der Waals surface area (Å²) in [6, 6.07) is 9.08. The molecule has 0 amide bonds. The normalized spacial score (nSPS) is 9.88. The summed E-state index contributed by atoms with van der Waals surface area (Å²) in [5.41, 5.74) is 6.32. The lowest BCUT2D eigenvalue weighted by atomic mass is 10.2. The third-order valence-corrected chi connectivity index (χ3v) is 2.34. The second kappa shape index (κ2) is 5.36. The Morgan fingerprint density at radius 3 is 2.71 bits per heavy atom. The number of nitrogens with zero attached hydrogens (tertiary/aromatic N) is 2. The van der Waals surface area contributed by atoms with E-state index in [0.29, 0.717) is 23.2 Å². The van der Waals surface area contributed by atoms with E-state index in [1.165, 1.54) is 0 Å². The number of hydrogen-bond donors (Lipinski definition) is 1. The Kier molecular flexibility index (Phi) is 3.62. The first kappa shape index (κ1) is 11.5. The van der Waals surface area contributed by atoms with Gasteiger partial charge in [0, 0.05) is 18.0 Å². The van der Waals surface area contributed by atoms with Crippen LogP contribution >= 0.6 is 12.2 Å². The third-order valence-electron chi connectivity index (χ3n) is 2.11. The number of nitrogens with two attached hydrogens (primary N) is 1. The van der Waals surface area contributed by atoms with Gasteiger partial charge in [0.1, 0.15) is 17.3 Å². The van der Waals surface area contributed by atoms with Gasteiger partial charge < -0.3 is 10.5 Å². The topological polar surface area (TPSA) is 61.0 Å². The highest BCUT2D eigenvalue weighted by molar-refractivity contribution is 7.80. The maximum Gasteiger partial charge on any atom is 0.166 e.